The Kier molecular flexibility index (Phi) is 4.31. The van der Waals surface area contributed by atoms with Gasteiger partial charge in [-0.2, -0.15) is 0 Å². The number of carbonyl (C=O) groups excluding carboxylic acids is 3. The maximum Gasteiger partial charge on any atom is 0.255 e. The van der Waals surface area contributed by atoms with Crippen molar-refractivity contribution in [3.63, 3.8) is 0 Å². The van der Waals surface area contributed by atoms with E-state index in [-0.39, 0.29) is 24.1 Å². The second-order valence-electron chi connectivity index (χ2n) is 7.65. The summed E-state index contributed by atoms with van der Waals surface area (Å²) >= 11 is 0. The molecule has 1 unspecified atom stereocenters. The third-order valence-electron chi connectivity index (χ3n) is 5.80. The van der Waals surface area contributed by atoms with E-state index >= 15 is 0 Å². The van der Waals surface area contributed by atoms with Gasteiger partial charge < -0.3 is 20.1 Å². The Hall–Kier alpha value is -3.20. The predicted octanol–water partition coefficient (Wildman–Crippen LogP) is 0.359. The second kappa shape index (κ2) is 7.00. The smallest absolute Gasteiger partial charge is 0.255 e. The lowest BCUT2D eigenvalue weighted by Gasteiger charge is -2.29. The van der Waals surface area contributed by atoms with Crippen LogP contribution in [0, 0.1) is 0 Å². The molecule has 1 aromatic carbocycles. The van der Waals surface area contributed by atoms with E-state index in [0.717, 1.165) is 42.4 Å². The van der Waals surface area contributed by atoms with Gasteiger partial charge in [0.2, 0.25) is 17.8 Å². The lowest BCUT2D eigenvalue weighted by atomic mass is 10.0. The Bertz CT molecular complexity index is 1010. The van der Waals surface area contributed by atoms with Crippen LogP contribution in [-0.2, 0) is 35.8 Å². The van der Waals surface area contributed by atoms with Crippen molar-refractivity contribution in [2.45, 2.75) is 45.1 Å². The van der Waals surface area contributed by atoms with Crippen molar-refractivity contribution in [3.8, 4) is 0 Å². The highest BCUT2D eigenvalue weighted by Gasteiger charge is 2.39. The van der Waals surface area contributed by atoms with Gasteiger partial charge in [-0.1, -0.05) is 12.1 Å². The van der Waals surface area contributed by atoms with Crippen LogP contribution in [0.3, 0.4) is 0 Å². The molecule has 0 saturated carbocycles. The van der Waals surface area contributed by atoms with Gasteiger partial charge in [0, 0.05) is 44.7 Å². The summed E-state index contributed by atoms with van der Waals surface area (Å²) < 4.78 is 2.18. The number of benzene rings is 1. The van der Waals surface area contributed by atoms with Crippen LogP contribution in [0.4, 0.5) is 5.95 Å². The minimum absolute atomic E-state index is 0.149. The third kappa shape index (κ3) is 3.17. The first-order valence-corrected chi connectivity index (χ1v) is 9.85. The number of rotatable bonds is 4. The highest BCUT2D eigenvalue weighted by Crippen LogP contribution is 2.28. The fraction of sp³-hybridized carbons (Fsp3) is 0.400. The number of nitrogens with zero attached hydrogens (tertiary/aromatic N) is 3. The van der Waals surface area contributed by atoms with E-state index in [1.165, 1.54) is 0 Å². The molecule has 0 spiro atoms. The van der Waals surface area contributed by atoms with Gasteiger partial charge in [0.05, 0.1) is 11.9 Å². The number of carbonyl (C=O) groups is 3. The Morgan fingerprint density at radius 3 is 3.00 bits per heavy atom. The molecule has 9 nitrogen and oxygen atoms in total. The molecule has 1 fully saturated rings. The van der Waals surface area contributed by atoms with Crippen LogP contribution in [-0.4, -0.2) is 44.8 Å². The Morgan fingerprint density at radius 1 is 1.24 bits per heavy atom. The fourth-order valence-electron chi connectivity index (χ4n) is 4.27. The molecule has 1 atom stereocenters. The van der Waals surface area contributed by atoms with Crippen LogP contribution in [0.1, 0.15) is 40.0 Å². The molecule has 4 heterocycles. The first kappa shape index (κ1) is 17.9. The van der Waals surface area contributed by atoms with Gasteiger partial charge in [-0.25, -0.2) is 4.98 Å². The molecule has 3 aliphatic heterocycles. The number of nitrogens with one attached hydrogen (secondary N) is 3. The minimum atomic E-state index is -0.584. The number of imidazole rings is 1. The van der Waals surface area contributed by atoms with Crippen molar-refractivity contribution >= 4 is 23.7 Å². The maximum absolute atomic E-state index is 12.8. The van der Waals surface area contributed by atoms with E-state index in [0.29, 0.717) is 25.1 Å². The fourth-order valence-corrected chi connectivity index (χ4v) is 4.27. The molecule has 0 radical (unpaired) electrons. The largest absolute Gasteiger partial charge is 0.352 e. The standard InChI is InChI=1S/C20H22N6O3/c27-17-4-3-16(18(28)24-17)26-11-13-7-12(1-2-15(13)19(26)29)8-22-20-23-10-14-9-21-5-6-25(14)20/h1-2,7,10,16,21H,3-6,8-9,11H2,(H,22,23)(H,24,27,28). The van der Waals surface area contributed by atoms with Crippen molar-refractivity contribution in [2.75, 3.05) is 11.9 Å². The van der Waals surface area contributed by atoms with Crippen LogP contribution in [0.5, 0.6) is 0 Å². The molecule has 3 N–H and O–H groups in total. The molecule has 0 aliphatic carbocycles. The lowest BCUT2D eigenvalue weighted by molar-refractivity contribution is -0.136. The summed E-state index contributed by atoms with van der Waals surface area (Å²) in [7, 11) is 0. The lowest BCUT2D eigenvalue weighted by Crippen LogP contribution is -2.52. The topological polar surface area (TPSA) is 108 Å². The van der Waals surface area contributed by atoms with E-state index in [2.05, 4.69) is 25.5 Å². The zero-order valence-electron chi connectivity index (χ0n) is 15.9. The average Bonchev–Trinajstić information content (AvgIpc) is 3.27. The summed E-state index contributed by atoms with van der Waals surface area (Å²) in [4.78, 5) is 42.3. The van der Waals surface area contributed by atoms with Gasteiger partial charge in [-0.05, 0) is 23.6 Å². The summed E-state index contributed by atoms with van der Waals surface area (Å²) in [5.74, 6) is 0.0377. The van der Waals surface area contributed by atoms with Gasteiger partial charge in [-0.3, -0.25) is 19.7 Å². The van der Waals surface area contributed by atoms with Crippen molar-refractivity contribution in [1.82, 2.24) is 25.1 Å². The molecule has 2 aromatic rings. The van der Waals surface area contributed by atoms with E-state index < -0.39 is 6.04 Å². The van der Waals surface area contributed by atoms with Crippen LogP contribution in [0.25, 0.3) is 0 Å². The van der Waals surface area contributed by atoms with Gasteiger partial charge in [-0.15, -0.1) is 0 Å². The van der Waals surface area contributed by atoms with Gasteiger partial charge >= 0.3 is 0 Å². The SMILES string of the molecule is O=C1CCC(N2Cc3cc(CNc4ncc5n4CCNC5)ccc3C2=O)C(=O)N1. The molecule has 1 aromatic heterocycles. The van der Waals surface area contributed by atoms with Gasteiger partial charge in [0.25, 0.3) is 5.91 Å². The van der Waals surface area contributed by atoms with E-state index in [1.54, 1.807) is 4.90 Å². The maximum atomic E-state index is 12.8. The van der Waals surface area contributed by atoms with Gasteiger partial charge in [0.1, 0.15) is 6.04 Å². The van der Waals surface area contributed by atoms with Crippen molar-refractivity contribution < 1.29 is 14.4 Å². The van der Waals surface area contributed by atoms with E-state index in [9.17, 15) is 14.4 Å². The van der Waals surface area contributed by atoms with Crippen LogP contribution >= 0.6 is 0 Å². The first-order valence-electron chi connectivity index (χ1n) is 9.85. The van der Waals surface area contributed by atoms with Crippen LogP contribution in [0.2, 0.25) is 0 Å². The monoisotopic (exact) mass is 394 g/mol. The number of hydrogen-bond donors (Lipinski definition) is 3. The van der Waals surface area contributed by atoms with E-state index in [1.807, 2.05) is 24.4 Å². The molecule has 1 saturated heterocycles. The van der Waals surface area contributed by atoms with Crippen LogP contribution in [0.15, 0.2) is 24.4 Å². The zero-order valence-corrected chi connectivity index (χ0v) is 15.9. The summed E-state index contributed by atoms with van der Waals surface area (Å²) in [6, 6.07) is 5.18. The first-order chi connectivity index (χ1) is 14.1. The Labute approximate surface area is 167 Å². The van der Waals surface area contributed by atoms with Crippen LogP contribution < -0.4 is 16.0 Å². The number of amides is 3. The van der Waals surface area contributed by atoms with Gasteiger partial charge in [0.15, 0.2) is 0 Å². The molecule has 3 aliphatic rings. The van der Waals surface area contributed by atoms with Crippen molar-refractivity contribution in [1.29, 1.82) is 0 Å². The number of fused-ring (bicyclic) bond motifs is 2. The van der Waals surface area contributed by atoms with Crippen molar-refractivity contribution in [2.24, 2.45) is 0 Å². The Balaban J connectivity index is 1.29. The summed E-state index contributed by atoms with van der Waals surface area (Å²) in [6.45, 7) is 3.63. The number of hydrogen-bond acceptors (Lipinski definition) is 6. The van der Waals surface area contributed by atoms with Crippen molar-refractivity contribution in [3.05, 3.63) is 46.8 Å². The highest BCUT2D eigenvalue weighted by atomic mass is 16.2. The molecule has 5 rings (SSSR count). The predicted molar refractivity (Wildman–Crippen MR) is 104 cm³/mol. The second-order valence-corrected chi connectivity index (χ2v) is 7.65. The molecule has 29 heavy (non-hydrogen) atoms. The number of aromatic nitrogens is 2. The summed E-state index contributed by atoms with van der Waals surface area (Å²) in [5, 5.41) is 9.04. The highest BCUT2D eigenvalue weighted by molar-refractivity contribution is 6.05. The number of piperidine rings is 1. The average molecular weight is 394 g/mol. The summed E-state index contributed by atoms with van der Waals surface area (Å²) in [6.07, 6.45) is 2.52. The summed E-state index contributed by atoms with van der Waals surface area (Å²) in [5.41, 5.74) is 3.75. The van der Waals surface area contributed by atoms with E-state index in [4.69, 9.17) is 0 Å². The normalized spacial score (nSPS) is 21.0. The third-order valence-corrected chi connectivity index (χ3v) is 5.80. The minimum Gasteiger partial charge on any atom is -0.352 e. The molecule has 0 bridgehead atoms. The molecular weight excluding hydrogens is 372 g/mol. The number of imide groups is 1. The molecule has 3 amide bonds. The molecule has 9 heteroatoms. The quantitative estimate of drug-likeness (QED) is 0.646. The Morgan fingerprint density at radius 2 is 2.14 bits per heavy atom. The molecular formula is C20H22N6O3. The molecule has 150 valence electrons. The number of anilines is 1. The zero-order chi connectivity index (χ0) is 20.0.